The van der Waals surface area contributed by atoms with E-state index in [0.29, 0.717) is 12.1 Å². The molecule has 5 heteroatoms. The van der Waals surface area contributed by atoms with Crippen molar-refractivity contribution in [3.05, 3.63) is 47.8 Å². The molecule has 2 rings (SSSR count). The van der Waals surface area contributed by atoms with Gasteiger partial charge in [0.25, 0.3) is 0 Å². The van der Waals surface area contributed by atoms with E-state index in [9.17, 15) is 23.4 Å². The van der Waals surface area contributed by atoms with E-state index in [4.69, 9.17) is 0 Å². The molecule has 0 aliphatic rings. The number of halogens is 3. The quantitative estimate of drug-likeness (QED) is 0.751. The molecule has 88 valence electrons. The highest BCUT2D eigenvalue weighted by molar-refractivity contribution is 5.67. The molecule has 0 aliphatic carbocycles. The van der Waals surface area contributed by atoms with Gasteiger partial charge in [-0.2, -0.15) is 0 Å². The zero-order valence-corrected chi connectivity index (χ0v) is 8.42. The molecule has 0 heterocycles. The molecule has 0 aromatic heterocycles. The standard InChI is InChI=1S/C12H7F3O2/c13-10-5-12(15)11(14)4-9(10)6-1-7(16)3-8(17)2-6/h1-5,16-17H. The normalized spacial score (nSPS) is 10.5. The SMILES string of the molecule is Oc1cc(O)cc(-c2cc(F)c(F)cc2F)c1. The van der Waals surface area contributed by atoms with Crippen LogP contribution >= 0.6 is 0 Å². The molecule has 2 aromatic carbocycles. The van der Waals surface area contributed by atoms with E-state index in [2.05, 4.69) is 0 Å². The lowest BCUT2D eigenvalue weighted by Gasteiger charge is -2.06. The molecular weight excluding hydrogens is 233 g/mol. The van der Waals surface area contributed by atoms with Crippen molar-refractivity contribution in [3.8, 4) is 22.6 Å². The summed E-state index contributed by atoms with van der Waals surface area (Å²) in [5.74, 6) is -4.08. The number of hydrogen-bond donors (Lipinski definition) is 2. The third-order valence-corrected chi connectivity index (χ3v) is 2.22. The molecule has 2 nitrogen and oxygen atoms in total. The van der Waals surface area contributed by atoms with E-state index < -0.39 is 17.5 Å². The number of phenols is 2. The zero-order chi connectivity index (χ0) is 12.6. The van der Waals surface area contributed by atoms with Crippen molar-refractivity contribution in [1.82, 2.24) is 0 Å². The second-order valence-corrected chi connectivity index (χ2v) is 3.48. The first-order chi connectivity index (χ1) is 7.97. The Hall–Kier alpha value is -2.17. The van der Waals surface area contributed by atoms with Crippen LogP contribution in [0.2, 0.25) is 0 Å². The van der Waals surface area contributed by atoms with E-state index in [1.54, 1.807) is 0 Å². The minimum Gasteiger partial charge on any atom is -0.508 e. The largest absolute Gasteiger partial charge is 0.508 e. The number of phenolic OH excluding ortho intramolecular Hbond substituents is 2. The van der Waals surface area contributed by atoms with Crippen LogP contribution in [-0.2, 0) is 0 Å². The molecule has 0 fully saturated rings. The lowest BCUT2D eigenvalue weighted by Crippen LogP contribution is -1.91. The highest BCUT2D eigenvalue weighted by atomic mass is 19.2. The monoisotopic (exact) mass is 240 g/mol. The van der Waals surface area contributed by atoms with Gasteiger partial charge in [-0.25, -0.2) is 13.2 Å². The summed E-state index contributed by atoms with van der Waals surface area (Å²) >= 11 is 0. The smallest absolute Gasteiger partial charge is 0.161 e. The van der Waals surface area contributed by atoms with Crippen LogP contribution in [0.5, 0.6) is 11.5 Å². The molecule has 0 amide bonds. The first-order valence-corrected chi connectivity index (χ1v) is 4.65. The predicted molar refractivity (Wildman–Crippen MR) is 55.1 cm³/mol. The van der Waals surface area contributed by atoms with Crippen molar-refractivity contribution in [2.75, 3.05) is 0 Å². The molecule has 2 N–H and O–H groups in total. The number of benzene rings is 2. The van der Waals surface area contributed by atoms with Crippen LogP contribution in [0.3, 0.4) is 0 Å². The lowest BCUT2D eigenvalue weighted by atomic mass is 10.0. The van der Waals surface area contributed by atoms with Crippen LogP contribution in [0, 0.1) is 17.5 Å². The summed E-state index contributed by atoms with van der Waals surface area (Å²) < 4.78 is 39.1. The molecule has 0 aliphatic heterocycles. The number of hydrogen-bond acceptors (Lipinski definition) is 2. The minimum absolute atomic E-state index is 0.0545. The zero-order valence-electron chi connectivity index (χ0n) is 8.42. The second-order valence-electron chi connectivity index (χ2n) is 3.48. The summed E-state index contributed by atoms with van der Waals surface area (Å²) in [5, 5.41) is 18.4. The van der Waals surface area contributed by atoms with Crippen LogP contribution < -0.4 is 0 Å². The van der Waals surface area contributed by atoms with Gasteiger partial charge in [-0.15, -0.1) is 0 Å². The van der Waals surface area contributed by atoms with Crippen molar-refractivity contribution in [2.24, 2.45) is 0 Å². The number of rotatable bonds is 1. The molecule has 0 spiro atoms. The van der Waals surface area contributed by atoms with E-state index in [1.807, 2.05) is 0 Å². The summed E-state index contributed by atoms with van der Waals surface area (Å²) in [7, 11) is 0. The fourth-order valence-corrected chi connectivity index (χ4v) is 1.49. The Bertz CT molecular complexity index is 562. The van der Waals surface area contributed by atoms with Crippen LogP contribution in [0.4, 0.5) is 13.2 Å². The minimum atomic E-state index is -1.30. The molecule has 0 bridgehead atoms. The molecule has 0 unspecified atom stereocenters. The summed E-state index contributed by atoms with van der Waals surface area (Å²) in [6.07, 6.45) is 0. The highest BCUT2D eigenvalue weighted by Crippen LogP contribution is 2.31. The van der Waals surface area contributed by atoms with Gasteiger partial charge in [0, 0.05) is 17.7 Å². The molecule has 0 radical (unpaired) electrons. The lowest BCUT2D eigenvalue weighted by molar-refractivity contribution is 0.451. The van der Waals surface area contributed by atoms with Crippen LogP contribution in [0.25, 0.3) is 11.1 Å². The van der Waals surface area contributed by atoms with Crippen molar-refractivity contribution >= 4 is 0 Å². The maximum Gasteiger partial charge on any atom is 0.161 e. The Balaban J connectivity index is 2.64. The fraction of sp³-hybridized carbons (Fsp3) is 0. The van der Waals surface area contributed by atoms with Gasteiger partial charge >= 0.3 is 0 Å². The first-order valence-electron chi connectivity index (χ1n) is 4.65. The van der Waals surface area contributed by atoms with Crippen LogP contribution in [-0.4, -0.2) is 10.2 Å². The molecule has 2 aromatic rings. The van der Waals surface area contributed by atoms with Crippen molar-refractivity contribution in [1.29, 1.82) is 0 Å². The summed E-state index contributed by atoms with van der Waals surface area (Å²) in [6, 6.07) is 4.39. The Morgan fingerprint density at radius 1 is 0.647 bits per heavy atom. The molecular formula is C12H7F3O2. The molecule has 0 saturated carbocycles. The first kappa shape index (κ1) is 11.3. The van der Waals surface area contributed by atoms with Gasteiger partial charge in [-0.1, -0.05) is 0 Å². The van der Waals surface area contributed by atoms with E-state index >= 15 is 0 Å². The predicted octanol–water partition coefficient (Wildman–Crippen LogP) is 3.18. The summed E-state index contributed by atoms with van der Waals surface area (Å²) in [4.78, 5) is 0. The van der Waals surface area contributed by atoms with Gasteiger partial charge in [-0.3, -0.25) is 0 Å². The van der Waals surface area contributed by atoms with Gasteiger partial charge in [0.15, 0.2) is 11.6 Å². The van der Waals surface area contributed by atoms with E-state index in [1.165, 1.54) is 0 Å². The Kier molecular flexibility index (Phi) is 2.67. The van der Waals surface area contributed by atoms with E-state index in [0.717, 1.165) is 18.2 Å². The molecule has 0 saturated heterocycles. The second kappa shape index (κ2) is 4.01. The summed E-state index contributed by atoms with van der Waals surface area (Å²) in [5.41, 5.74) is -0.186. The van der Waals surface area contributed by atoms with Gasteiger partial charge in [0.2, 0.25) is 0 Å². The third kappa shape index (κ3) is 2.18. The molecule has 0 atom stereocenters. The average Bonchev–Trinajstić information content (AvgIpc) is 2.22. The highest BCUT2D eigenvalue weighted by Gasteiger charge is 2.12. The maximum atomic E-state index is 13.4. The number of aromatic hydroxyl groups is 2. The average molecular weight is 240 g/mol. The van der Waals surface area contributed by atoms with Gasteiger partial charge in [-0.05, 0) is 23.8 Å². The van der Waals surface area contributed by atoms with Crippen LogP contribution in [0.15, 0.2) is 30.3 Å². The van der Waals surface area contributed by atoms with E-state index in [-0.39, 0.29) is 22.6 Å². The Labute approximate surface area is 94.6 Å². The maximum absolute atomic E-state index is 13.4. The molecule has 17 heavy (non-hydrogen) atoms. The Morgan fingerprint density at radius 3 is 1.76 bits per heavy atom. The van der Waals surface area contributed by atoms with Gasteiger partial charge in [0.1, 0.15) is 17.3 Å². The summed E-state index contributed by atoms with van der Waals surface area (Å²) in [6.45, 7) is 0. The van der Waals surface area contributed by atoms with Gasteiger partial charge in [0.05, 0.1) is 0 Å². The topological polar surface area (TPSA) is 40.5 Å². The van der Waals surface area contributed by atoms with Gasteiger partial charge < -0.3 is 10.2 Å². The van der Waals surface area contributed by atoms with Crippen LogP contribution in [0.1, 0.15) is 0 Å². The van der Waals surface area contributed by atoms with Crippen molar-refractivity contribution in [2.45, 2.75) is 0 Å². The van der Waals surface area contributed by atoms with Crippen molar-refractivity contribution < 1.29 is 23.4 Å². The third-order valence-electron chi connectivity index (χ3n) is 2.22. The van der Waals surface area contributed by atoms with Crippen molar-refractivity contribution in [3.63, 3.8) is 0 Å². The fourth-order valence-electron chi connectivity index (χ4n) is 1.49. The Morgan fingerprint density at radius 2 is 1.18 bits per heavy atom.